The number of ether oxygens (including phenoxy) is 1. The highest BCUT2D eigenvalue weighted by atomic mass is 32.2. The van der Waals surface area contributed by atoms with Crippen molar-refractivity contribution in [3.05, 3.63) is 0 Å². The molecule has 0 saturated carbocycles. The van der Waals surface area contributed by atoms with Gasteiger partial charge in [0.2, 0.25) is 0 Å². The summed E-state index contributed by atoms with van der Waals surface area (Å²) in [5, 5.41) is 0. The van der Waals surface area contributed by atoms with E-state index < -0.39 is 10.2 Å². The lowest BCUT2D eigenvalue weighted by Crippen LogP contribution is -2.49. The van der Waals surface area contributed by atoms with Crippen LogP contribution in [0.1, 0.15) is 26.7 Å². The Morgan fingerprint density at radius 1 is 1.38 bits per heavy atom. The van der Waals surface area contributed by atoms with Gasteiger partial charge in [0.1, 0.15) is 0 Å². The lowest BCUT2D eigenvalue weighted by Gasteiger charge is -2.35. The summed E-state index contributed by atoms with van der Waals surface area (Å²) in [6.45, 7) is 5.33. The Morgan fingerprint density at radius 3 is 2.33 bits per heavy atom. The van der Waals surface area contributed by atoms with Crippen LogP contribution in [0.2, 0.25) is 0 Å². The Labute approximate surface area is 127 Å². The number of piperidine rings is 1. The molecule has 8 heteroatoms. The summed E-state index contributed by atoms with van der Waals surface area (Å²) < 4.78 is 32.5. The van der Waals surface area contributed by atoms with Crippen LogP contribution in [-0.4, -0.2) is 63.3 Å². The van der Waals surface area contributed by atoms with Crippen LogP contribution in [0.4, 0.5) is 0 Å². The summed E-state index contributed by atoms with van der Waals surface area (Å²) in [6, 6.07) is 0. The molecule has 7 nitrogen and oxygen atoms in total. The third kappa shape index (κ3) is 4.64. The summed E-state index contributed by atoms with van der Waals surface area (Å²) >= 11 is 0. The average Bonchev–Trinajstić information content (AvgIpc) is 2.46. The highest BCUT2D eigenvalue weighted by molar-refractivity contribution is 7.86. The lowest BCUT2D eigenvalue weighted by atomic mass is 9.94. The quantitative estimate of drug-likeness (QED) is 0.697. The fourth-order valence-corrected chi connectivity index (χ4v) is 4.01. The van der Waals surface area contributed by atoms with Gasteiger partial charge < -0.3 is 10.5 Å². The summed E-state index contributed by atoms with van der Waals surface area (Å²) in [5.41, 5.74) is 5.38. The standard InChI is InChI=1S/C13H27N3O4S/c1-13(2,9-14)10-15(3)21(18,19)16-7-5-11(6-8-16)12(17)20-4/h11H,5-10,14H2,1-4H3. The first-order valence-corrected chi connectivity index (χ1v) is 8.53. The number of hydrogen-bond acceptors (Lipinski definition) is 5. The minimum absolute atomic E-state index is 0.202. The molecule has 0 bridgehead atoms. The summed E-state index contributed by atoms with van der Waals surface area (Å²) in [7, 11) is -0.578. The molecule has 1 aliphatic rings. The second kappa shape index (κ2) is 7.04. The van der Waals surface area contributed by atoms with Crippen molar-refractivity contribution in [3.63, 3.8) is 0 Å². The van der Waals surface area contributed by atoms with E-state index >= 15 is 0 Å². The molecule has 0 radical (unpaired) electrons. The van der Waals surface area contributed by atoms with Crippen LogP contribution in [0, 0.1) is 11.3 Å². The molecule has 1 saturated heterocycles. The maximum Gasteiger partial charge on any atom is 0.308 e. The molecule has 0 aromatic heterocycles. The zero-order chi connectivity index (χ0) is 16.3. The van der Waals surface area contributed by atoms with Gasteiger partial charge in [0, 0.05) is 26.7 Å². The van der Waals surface area contributed by atoms with Gasteiger partial charge in [-0.15, -0.1) is 0 Å². The Hall–Kier alpha value is -0.700. The smallest absolute Gasteiger partial charge is 0.308 e. The molecule has 1 aliphatic heterocycles. The van der Waals surface area contributed by atoms with Crippen LogP contribution >= 0.6 is 0 Å². The van der Waals surface area contributed by atoms with Gasteiger partial charge in [0.15, 0.2) is 0 Å². The van der Waals surface area contributed by atoms with Gasteiger partial charge in [-0.25, -0.2) is 0 Å². The number of methoxy groups -OCH3 is 1. The molecule has 1 rings (SSSR count). The third-order valence-electron chi connectivity index (χ3n) is 3.91. The first-order valence-electron chi connectivity index (χ1n) is 7.13. The predicted octanol–water partition coefficient (Wildman–Crippen LogP) is 0.0329. The van der Waals surface area contributed by atoms with Crippen LogP contribution in [0.15, 0.2) is 0 Å². The zero-order valence-electron chi connectivity index (χ0n) is 13.3. The summed E-state index contributed by atoms with van der Waals surface area (Å²) in [4.78, 5) is 11.5. The van der Waals surface area contributed by atoms with Crippen molar-refractivity contribution in [2.75, 3.05) is 40.3 Å². The molecule has 0 spiro atoms. The van der Waals surface area contributed by atoms with E-state index in [-0.39, 0.29) is 17.3 Å². The van der Waals surface area contributed by atoms with Gasteiger partial charge >= 0.3 is 5.97 Å². The Morgan fingerprint density at radius 2 is 1.90 bits per heavy atom. The van der Waals surface area contributed by atoms with E-state index in [9.17, 15) is 13.2 Å². The SMILES string of the molecule is COC(=O)C1CCN(S(=O)(=O)N(C)CC(C)(C)CN)CC1. The first-order chi connectivity index (χ1) is 9.64. The van der Waals surface area contributed by atoms with Gasteiger partial charge in [-0.2, -0.15) is 17.0 Å². The molecule has 0 atom stereocenters. The van der Waals surface area contributed by atoms with Crippen molar-refractivity contribution in [1.82, 2.24) is 8.61 Å². The molecule has 2 N–H and O–H groups in total. The van der Waals surface area contributed by atoms with Crippen LogP contribution in [-0.2, 0) is 19.7 Å². The van der Waals surface area contributed by atoms with E-state index in [2.05, 4.69) is 0 Å². The minimum atomic E-state index is -3.50. The third-order valence-corrected chi connectivity index (χ3v) is 5.85. The van der Waals surface area contributed by atoms with Crippen molar-refractivity contribution in [2.24, 2.45) is 17.1 Å². The van der Waals surface area contributed by atoms with Crippen molar-refractivity contribution < 1.29 is 17.9 Å². The number of hydrogen-bond donors (Lipinski definition) is 1. The molecule has 0 aromatic carbocycles. The molecule has 21 heavy (non-hydrogen) atoms. The highest BCUT2D eigenvalue weighted by Gasteiger charge is 2.35. The number of esters is 1. The average molecular weight is 321 g/mol. The Balaban J connectivity index is 2.66. The number of nitrogens with two attached hydrogens (primary N) is 1. The zero-order valence-corrected chi connectivity index (χ0v) is 14.1. The van der Waals surface area contributed by atoms with Gasteiger partial charge in [-0.3, -0.25) is 4.79 Å². The molecule has 0 unspecified atom stereocenters. The van der Waals surface area contributed by atoms with Crippen molar-refractivity contribution in [2.45, 2.75) is 26.7 Å². The molecule has 0 aromatic rings. The second-order valence-electron chi connectivity index (χ2n) is 6.33. The molecule has 124 valence electrons. The van der Waals surface area contributed by atoms with Gasteiger partial charge in [-0.05, 0) is 24.8 Å². The monoisotopic (exact) mass is 321 g/mol. The predicted molar refractivity (Wildman–Crippen MR) is 80.7 cm³/mol. The summed E-state index contributed by atoms with van der Waals surface area (Å²) in [5.74, 6) is -0.461. The van der Waals surface area contributed by atoms with E-state index in [0.29, 0.717) is 39.0 Å². The van der Waals surface area contributed by atoms with E-state index in [1.165, 1.54) is 15.7 Å². The van der Waals surface area contributed by atoms with Gasteiger partial charge in [-0.1, -0.05) is 13.8 Å². The van der Waals surface area contributed by atoms with Crippen LogP contribution in [0.25, 0.3) is 0 Å². The Bertz CT molecular complexity index is 456. The van der Waals surface area contributed by atoms with E-state index in [1.54, 1.807) is 7.05 Å². The number of rotatable bonds is 6. The maximum absolute atomic E-state index is 12.5. The summed E-state index contributed by atoms with van der Waals surface area (Å²) in [6.07, 6.45) is 1.00. The maximum atomic E-state index is 12.5. The molecule has 0 aliphatic carbocycles. The molecule has 1 heterocycles. The number of nitrogens with zero attached hydrogens (tertiary/aromatic N) is 2. The van der Waals surface area contributed by atoms with Gasteiger partial charge in [0.05, 0.1) is 13.0 Å². The molecule has 1 fully saturated rings. The van der Waals surface area contributed by atoms with Crippen molar-refractivity contribution in [1.29, 1.82) is 0 Å². The number of carbonyl (C=O) groups is 1. The Kier molecular flexibility index (Phi) is 6.15. The second-order valence-corrected chi connectivity index (χ2v) is 8.36. The fraction of sp³-hybridized carbons (Fsp3) is 0.923. The molecular weight excluding hydrogens is 294 g/mol. The van der Waals surface area contributed by atoms with E-state index in [1.807, 2.05) is 13.8 Å². The largest absolute Gasteiger partial charge is 0.469 e. The highest BCUT2D eigenvalue weighted by Crippen LogP contribution is 2.23. The fourth-order valence-electron chi connectivity index (χ4n) is 2.43. The van der Waals surface area contributed by atoms with Crippen molar-refractivity contribution >= 4 is 16.2 Å². The van der Waals surface area contributed by atoms with E-state index in [0.717, 1.165) is 0 Å². The normalized spacial score (nSPS) is 19.0. The molecule has 0 amide bonds. The van der Waals surface area contributed by atoms with Crippen molar-refractivity contribution in [3.8, 4) is 0 Å². The van der Waals surface area contributed by atoms with E-state index in [4.69, 9.17) is 10.5 Å². The lowest BCUT2D eigenvalue weighted by molar-refractivity contribution is -0.146. The minimum Gasteiger partial charge on any atom is -0.469 e. The first kappa shape index (κ1) is 18.3. The van der Waals surface area contributed by atoms with Crippen LogP contribution in [0.5, 0.6) is 0 Å². The van der Waals surface area contributed by atoms with Gasteiger partial charge in [0.25, 0.3) is 10.2 Å². The number of carbonyl (C=O) groups excluding carboxylic acids is 1. The molecular formula is C13H27N3O4S. The van der Waals surface area contributed by atoms with Crippen LogP contribution < -0.4 is 5.73 Å². The topological polar surface area (TPSA) is 92.9 Å². The van der Waals surface area contributed by atoms with Crippen LogP contribution in [0.3, 0.4) is 0 Å².